The molecule has 2 heterocycles. The van der Waals surface area contributed by atoms with Gasteiger partial charge in [0.2, 0.25) is 5.91 Å². The van der Waals surface area contributed by atoms with Crippen molar-refractivity contribution in [1.82, 2.24) is 25.9 Å². The predicted octanol–water partition coefficient (Wildman–Crippen LogP) is 4.92. The Bertz CT molecular complexity index is 1550. The van der Waals surface area contributed by atoms with Crippen LogP contribution >= 0.6 is 0 Å². The van der Waals surface area contributed by atoms with Crippen LogP contribution in [0.15, 0.2) is 67.0 Å². The van der Waals surface area contributed by atoms with E-state index in [1.54, 1.807) is 12.1 Å². The van der Waals surface area contributed by atoms with Crippen molar-refractivity contribution in [2.45, 2.75) is 90.9 Å². The van der Waals surface area contributed by atoms with Gasteiger partial charge in [0.1, 0.15) is 11.7 Å². The first-order valence-corrected chi connectivity index (χ1v) is 16.5. The molecule has 1 saturated heterocycles. The minimum Gasteiger partial charge on any atom is -0.404 e. The highest BCUT2D eigenvalue weighted by Gasteiger charge is 2.55. The van der Waals surface area contributed by atoms with Crippen LogP contribution in [-0.2, 0) is 14.1 Å². The monoisotopic (exact) mass is 639 g/mol. The van der Waals surface area contributed by atoms with Gasteiger partial charge in [-0.2, -0.15) is 0 Å². The molecular formula is C36H46BN5O5. The van der Waals surface area contributed by atoms with Crippen LogP contribution in [0.1, 0.15) is 86.7 Å². The van der Waals surface area contributed by atoms with E-state index in [9.17, 15) is 14.4 Å². The zero-order valence-corrected chi connectivity index (χ0v) is 28.2. The molecule has 2 aliphatic rings. The van der Waals surface area contributed by atoms with Crippen LogP contribution in [0.25, 0.3) is 11.3 Å². The van der Waals surface area contributed by atoms with Gasteiger partial charge in [-0.1, -0.05) is 75.7 Å². The second kappa shape index (κ2) is 14.4. The molecule has 2 fully saturated rings. The summed E-state index contributed by atoms with van der Waals surface area (Å²) >= 11 is 0. The first kappa shape index (κ1) is 34.3. The Morgan fingerprint density at radius 3 is 2.34 bits per heavy atom. The summed E-state index contributed by atoms with van der Waals surface area (Å²) in [6.45, 7) is 12.5. The molecule has 4 atom stereocenters. The van der Waals surface area contributed by atoms with E-state index in [0.717, 1.165) is 30.4 Å². The van der Waals surface area contributed by atoms with Crippen molar-refractivity contribution >= 4 is 24.8 Å². The maximum Gasteiger partial charge on any atom is 0.481 e. The fraction of sp³-hybridized carbons (Fsp3) is 0.472. The van der Waals surface area contributed by atoms with E-state index in [1.165, 1.54) is 12.4 Å². The number of benzene rings is 2. The number of carbonyl (C=O) groups is 3. The molecule has 1 saturated carbocycles. The first-order chi connectivity index (χ1) is 22.3. The highest BCUT2D eigenvalue weighted by atomic mass is 16.7. The number of nitrogens with one attached hydrogen (secondary N) is 3. The van der Waals surface area contributed by atoms with Crippen LogP contribution in [-0.4, -0.2) is 65.0 Å². The molecule has 1 aromatic heterocycles. The van der Waals surface area contributed by atoms with Gasteiger partial charge in [0.25, 0.3) is 11.8 Å². The Labute approximate surface area is 278 Å². The number of hydrogen-bond acceptors (Lipinski definition) is 7. The molecule has 47 heavy (non-hydrogen) atoms. The van der Waals surface area contributed by atoms with E-state index >= 15 is 0 Å². The van der Waals surface area contributed by atoms with Gasteiger partial charge in [-0.25, -0.2) is 4.98 Å². The van der Waals surface area contributed by atoms with Crippen molar-refractivity contribution in [2.24, 2.45) is 11.3 Å². The molecule has 0 unspecified atom stereocenters. The molecule has 2 aromatic carbocycles. The van der Waals surface area contributed by atoms with Gasteiger partial charge in [-0.15, -0.1) is 0 Å². The molecule has 1 aliphatic carbocycles. The van der Waals surface area contributed by atoms with Crippen LogP contribution in [0.4, 0.5) is 0 Å². The summed E-state index contributed by atoms with van der Waals surface area (Å²) in [7, 11) is -0.639. The minimum atomic E-state index is -1.11. The van der Waals surface area contributed by atoms with E-state index in [1.807, 2.05) is 49.4 Å². The predicted molar refractivity (Wildman–Crippen MR) is 181 cm³/mol. The average molecular weight is 640 g/mol. The van der Waals surface area contributed by atoms with Crippen LogP contribution in [0.2, 0.25) is 0 Å². The molecule has 5 rings (SSSR count). The molecule has 11 heteroatoms. The lowest BCUT2D eigenvalue weighted by Crippen LogP contribution is -2.58. The first-order valence-electron chi connectivity index (χ1n) is 16.5. The quantitative estimate of drug-likeness (QED) is 0.254. The summed E-state index contributed by atoms with van der Waals surface area (Å²) in [5.41, 5.74) is 2.69. The number of fused-ring (bicyclic) bond motifs is 1. The van der Waals surface area contributed by atoms with Crippen molar-refractivity contribution in [3.05, 3.63) is 83.8 Å². The Morgan fingerprint density at radius 1 is 0.957 bits per heavy atom. The second-order valence-corrected chi connectivity index (χ2v) is 14.3. The third-order valence-electron chi connectivity index (χ3n) is 9.02. The zero-order valence-electron chi connectivity index (χ0n) is 28.2. The highest BCUT2D eigenvalue weighted by Crippen LogP contribution is 2.48. The smallest absolute Gasteiger partial charge is 0.404 e. The molecule has 0 bridgehead atoms. The van der Waals surface area contributed by atoms with Gasteiger partial charge in [-0.3, -0.25) is 19.4 Å². The summed E-state index contributed by atoms with van der Waals surface area (Å²) in [5.74, 6) is -1.65. The molecule has 0 radical (unpaired) electrons. The maximum absolute atomic E-state index is 14.0. The van der Waals surface area contributed by atoms with Crippen molar-refractivity contribution in [2.75, 3.05) is 6.54 Å². The standard InChI is InChI=1S/C36H46BN5O5/c1-23(2)18-31(37-46-30-16-17-35(4,5)22-36(30,6)47-37)42-34(45)29(21-40-32(43)26-14-12-24(3)13-15-26)41-33(44)28-20-38-27(19-39-28)25-10-8-7-9-11-25/h7-15,19-20,23,29-31H,16-18,21-22H2,1-6H3,(H,40,43)(H,41,44)(H,42,45)/t29-,30+,31-,36-/m0/s1. The topological polar surface area (TPSA) is 132 Å². The number of amides is 3. The summed E-state index contributed by atoms with van der Waals surface area (Å²) in [6, 6.07) is 15.5. The van der Waals surface area contributed by atoms with Gasteiger partial charge in [0, 0.05) is 17.7 Å². The van der Waals surface area contributed by atoms with E-state index in [-0.39, 0.29) is 35.6 Å². The number of carbonyl (C=O) groups excluding carboxylic acids is 3. The van der Waals surface area contributed by atoms with E-state index < -0.39 is 36.5 Å². The number of nitrogens with zero attached hydrogens (tertiary/aromatic N) is 2. The average Bonchev–Trinajstić information content (AvgIpc) is 3.38. The minimum absolute atomic E-state index is 0.0492. The summed E-state index contributed by atoms with van der Waals surface area (Å²) in [6.07, 6.45) is 6.22. The normalized spacial score (nSPS) is 21.4. The molecule has 248 valence electrons. The van der Waals surface area contributed by atoms with Crippen molar-refractivity contribution in [3.63, 3.8) is 0 Å². The third kappa shape index (κ3) is 8.64. The second-order valence-electron chi connectivity index (χ2n) is 14.3. The van der Waals surface area contributed by atoms with Gasteiger partial charge < -0.3 is 25.3 Å². The molecule has 3 amide bonds. The number of aromatic nitrogens is 2. The van der Waals surface area contributed by atoms with Gasteiger partial charge in [0.15, 0.2) is 0 Å². The van der Waals surface area contributed by atoms with Crippen molar-refractivity contribution in [3.8, 4) is 11.3 Å². The Kier molecular flexibility index (Phi) is 10.5. The van der Waals surface area contributed by atoms with Crippen LogP contribution < -0.4 is 16.0 Å². The summed E-state index contributed by atoms with van der Waals surface area (Å²) in [4.78, 5) is 49.1. The highest BCUT2D eigenvalue weighted by molar-refractivity contribution is 6.47. The van der Waals surface area contributed by atoms with E-state index in [4.69, 9.17) is 9.31 Å². The molecule has 3 aromatic rings. The lowest BCUT2D eigenvalue weighted by Gasteiger charge is -2.43. The Morgan fingerprint density at radius 2 is 1.68 bits per heavy atom. The Balaban J connectivity index is 1.33. The van der Waals surface area contributed by atoms with E-state index in [0.29, 0.717) is 17.7 Å². The number of hydrogen-bond donors (Lipinski definition) is 3. The summed E-state index contributed by atoms with van der Waals surface area (Å²) < 4.78 is 13.0. The third-order valence-corrected chi connectivity index (χ3v) is 9.02. The molecular weight excluding hydrogens is 593 g/mol. The number of aryl methyl sites for hydroxylation is 1. The van der Waals surface area contributed by atoms with Crippen LogP contribution in [0, 0.1) is 18.3 Å². The fourth-order valence-corrected chi connectivity index (χ4v) is 6.62. The fourth-order valence-electron chi connectivity index (χ4n) is 6.62. The number of rotatable bonds is 11. The Hall–Kier alpha value is -4.09. The lowest BCUT2D eigenvalue weighted by molar-refractivity contribution is -0.123. The van der Waals surface area contributed by atoms with Crippen LogP contribution in [0.5, 0.6) is 0 Å². The SMILES string of the molecule is Cc1ccc(C(=O)NC[C@H](NC(=O)c2cnc(-c3ccccc3)cn2)C(=O)N[C@@H](CC(C)C)B2O[C@@H]3CCC(C)(C)C[C@]3(C)O2)cc1. The molecule has 0 spiro atoms. The summed E-state index contributed by atoms with van der Waals surface area (Å²) in [5, 5.41) is 8.69. The largest absolute Gasteiger partial charge is 0.481 e. The van der Waals surface area contributed by atoms with Crippen molar-refractivity contribution in [1.29, 1.82) is 0 Å². The lowest BCUT2D eigenvalue weighted by atomic mass is 9.69. The van der Waals surface area contributed by atoms with E-state index in [2.05, 4.69) is 60.5 Å². The maximum atomic E-state index is 14.0. The van der Waals surface area contributed by atoms with Gasteiger partial charge in [-0.05, 0) is 63.0 Å². The van der Waals surface area contributed by atoms with Gasteiger partial charge in [0.05, 0.1) is 35.7 Å². The molecule has 3 N–H and O–H groups in total. The van der Waals surface area contributed by atoms with Crippen molar-refractivity contribution < 1.29 is 23.7 Å². The van der Waals surface area contributed by atoms with Crippen LogP contribution in [0.3, 0.4) is 0 Å². The zero-order chi connectivity index (χ0) is 33.8. The molecule has 10 nitrogen and oxygen atoms in total. The molecule has 1 aliphatic heterocycles. The van der Waals surface area contributed by atoms with Gasteiger partial charge >= 0.3 is 7.12 Å².